The lowest BCUT2D eigenvalue weighted by Crippen LogP contribution is -2.48. The standard InChI is InChI=1S/C18H24N4O2S/c1-2-3-8-22-17(23)7-6-16(19-22)18(24)21-11-9-20(10-12-21)14-15-5-4-13-25-15/h4-7,13H,2-3,8-12,14H2,1H3. The summed E-state index contributed by atoms with van der Waals surface area (Å²) in [5.41, 5.74) is 0.216. The fourth-order valence-electron chi connectivity index (χ4n) is 2.93. The SMILES string of the molecule is CCCCn1nc(C(=O)N2CCN(Cc3cccs3)CC2)ccc1=O. The summed E-state index contributed by atoms with van der Waals surface area (Å²) in [6.45, 7) is 6.68. The van der Waals surface area contributed by atoms with Gasteiger partial charge in [-0.15, -0.1) is 11.3 Å². The molecule has 0 radical (unpaired) electrons. The van der Waals surface area contributed by atoms with E-state index in [2.05, 4.69) is 34.4 Å². The molecule has 2 aromatic rings. The minimum absolute atomic E-state index is 0.0824. The Morgan fingerprint density at radius 1 is 1.20 bits per heavy atom. The van der Waals surface area contributed by atoms with Crippen LogP contribution in [0.4, 0.5) is 0 Å². The number of nitrogens with zero attached hydrogens (tertiary/aromatic N) is 4. The van der Waals surface area contributed by atoms with E-state index in [4.69, 9.17) is 0 Å². The van der Waals surface area contributed by atoms with Crippen molar-refractivity contribution in [1.29, 1.82) is 0 Å². The van der Waals surface area contributed by atoms with Crippen molar-refractivity contribution in [3.8, 4) is 0 Å². The van der Waals surface area contributed by atoms with E-state index in [9.17, 15) is 9.59 Å². The number of unbranched alkanes of at least 4 members (excludes halogenated alkanes) is 1. The van der Waals surface area contributed by atoms with Crippen molar-refractivity contribution >= 4 is 17.2 Å². The first-order valence-corrected chi connectivity index (χ1v) is 9.67. The lowest BCUT2D eigenvalue weighted by Gasteiger charge is -2.34. The number of carbonyl (C=O) groups excluding carboxylic acids is 1. The number of rotatable bonds is 6. The molecule has 1 aliphatic heterocycles. The molecule has 3 rings (SSSR count). The van der Waals surface area contributed by atoms with Crippen LogP contribution in [-0.2, 0) is 13.1 Å². The molecule has 1 amide bonds. The normalized spacial score (nSPS) is 15.5. The van der Waals surface area contributed by atoms with Crippen molar-refractivity contribution in [2.24, 2.45) is 0 Å². The highest BCUT2D eigenvalue weighted by atomic mass is 32.1. The molecule has 2 aromatic heterocycles. The Morgan fingerprint density at radius 3 is 2.68 bits per heavy atom. The topological polar surface area (TPSA) is 58.4 Å². The number of thiophene rings is 1. The van der Waals surface area contributed by atoms with Crippen LogP contribution < -0.4 is 5.56 Å². The summed E-state index contributed by atoms with van der Waals surface area (Å²) in [5, 5.41) is 6.36. The Bertz CT molecular complexity index is 749. The largest absolute Gasteiger partial charge is 0.335 e. The van der Waals surface area contributed by atoms with E-state index < -0.39 is 0 Å². The molecule has 0 aromatic carbocycles. The molecule has 1 saturated heterocycles. The molecule has 1 fully saturated rings. The number of hydrogen-bond donors (Lipinski definition) is 0. The Hall–Kier alpha value is -1.99. The average molecular weight is 360 g/mol. The van der Waals surface area contributed by atoms with Crippen molar-refractivity contribution in [1.82, 2.24) is 19.6 Å². The Kier molecular flexibility index (Phi) is 5.99. The Morgan fingerprint density at radius 2 is 2.00 bits per heavy atom. The maximum atomic E-state index is 12.7. The maximum Gasteiger partial charge on any atom is 0.274 e. The predicted octanol–water partition coefficient (Wildman–Crippen LogP) is 2.06. The highest BCUT2D eigenvalue weighted by molar-refractivity contribution is 7.09. The second-order valence-corrected chi connectivity index (χ2v) is 7.31. The highest BCUT2D eigenvalue weighted by Gasteiger charge is 2.23. The van der Waals surface area contributed by atoms with Gasteiger partial charge in [-0.2, -0.15) is 5.10 Å². The van der Waals surface area contributed by atoms with Gasteiger partial charge in [0, 0.05) is 50.2 Å². The zero-order valence-corrected chi connectivity index (χ0v) is 15.4. The number of piperazine rings is 1. The summed E-state index contributed by atoms with van der Waals surface area (Å²) in [4.78, 5) is 30.1. The van der Waals surface area contributed by atoms with Gasteiger partial charge in [0.25, 0.3) is 11.5 Å². The van der Waals surface area contributed by atoms with E-state index in [1.807, 2.05) is 4.90 Å². The molecule has 0 N–H and O–H groups in total. The molecule has 0 aliphatic carbocycles. The van der Waals surface area contributed by atoms with Gasteiger partial charge in [-0.05, 0) is 23.9 Å². The van der Waals surface area contributed by atoms with Gasteiger partial charge >= 0.3 is 0 Å². The molecule has 3 heterocycles. The lowest BCUT2D eigenvalue weighted by molar-refractivity contribution is 0.0621. The molecular weight excluding hydrogens is 336 g/mol. The zero-order chi connectivity index (χ0) is 17.6. The van der Waals surface area contributed by atoms with E-state index in [0.29, 0.717) is 25.3 Å². The molecule has 134 valence electrons. The quantitative estimate of drug-likeness (QED) is 0.791. The Balaban J connectivity index is 1.59. The van der Waals surface area contributed by atoms with Gasteiger partial charge in [0.05, 0.1) is 0 Å². The van der Waals surface area contributed by atoms with Crippen LogP contribution in [0.25, 0.3) is 0 Å². The van der Waals surface area contributed by atoms with Gasteiger partial charge in [0.2, 0.25) is 0 Å². The third-order valence-electron chi connectivity index (χ3n) is 4.43. The summed E-state index contributed by atoms with van der Waals surface area (Å²) >= 11 is 1.77. The fourth-order valence-corrected chi connectivity index (χ4v) is 3.67. The molecule has 0 unspecified atom stereocenters. The van der Waals surface area contributed by atoms with Crippen molar-refractivity contribution in [2.75, 3.05) is 26.2 Å². The van der Waals surface area contributed by atoms with Crippen LogP contribution in [0.15, 0.2) is 34.4 Å². The third kappa shape index (κ3) is 4.55. The summed E-state index contributed by atoms with van der Waals surface area (Å²) in [5.74, 6) is -0.0824. The van der Waals surface area contributed by atoms with E-state index in [1.54, 1.807) is 17.4 Å². The van der Waals surface area contributed by atoms with Crippen molar-refractivity contribution in [2.45, 2.75) is 32.9 Å². The Labute approximate surface area is 151 Å². The molecule has 0 saturated carbocycles. The monoisotopic (exact) mass is 360 g/mol. The summed E-state index contributed by atoms with van der Waals surface area (Å²) in [6, 6.07) is 7.21. The van der Waals surface area contributed by atoms with E-state index in [0.717, 1.165) is 32.5 Å². The van der Waals surface area contributed by atoms with Gasteiger partial charge in [0.1, 0.15) is 5.69 Å². The predicted molar refractivity (Wildman–Crippen MR) is 98.9 cm³/mol. The van der Waals surface area contributed by atoms with E-state index >= 15 is 0 Å². The first-order chi connectivity index (χ1) is 12.2. The van der Waals surface area contributed by atoms with Crippen LogP contribution in [0, 0.1) is 0 Å². The van der Waals surface area contributed by atoms with Crippen molar-refractivity contribution in [3.05, 3.63) is 50.6 Å². The van der Waals surface area contributed by atoms with Gasteiger partial charge < -0.3 is 4.90 Å². The fraction of sp³-hybridized carbons (Fsp3) is 0.500. The van der Waals surface area contributed by atoms with E-state index in [-0.39, 0.29) is 11.5 Å². The molecule has 7 heteroatoms. The minimum atomic E-state index is -0.147. The number of amides is 1. The zero-order valence-electron chi connectivity index (χ0n) is 14.6. The minimum Gasteiger partial charge on any atom is -0.335 e. The van der Waals surface area contributed by atoms with Gasteiger partial charge in [-0.25, -0.2) is 4.68 Å². The molecule has 0 bridgehead atoms. The van der Waals surface area contributed by atoms with Gasteiger partial charge in [-0.1, -0.05) is 19.4 Å². The number of aromatic nitrogens is 2. The second kappa shape index (κ2) is 8.40. The molecule has 1 aliphatic rings. The van der Waals surface area contributed by atoms with E-state index in [1.165, 1.54) is 15.6 Å². The average Bonchev–Trinajstić information content (AvgIpc) is 3.14. The van der Waals surface area contributed by atoms with Crippen LogP contribution in [0.1, 0.15) is 35.1 Å². The molecule has 25 heavy (non-hydrogen) atoms. The van der Waals surface area contributed by atoms with Crippen molar-refractivity contribution in [3.63, 3.8) is 0 Å². The van der Waals surface area contributed by atoms with Gasteiger partial charge in [0.15, 0.2) is 0 Å². The maximum absolute atomic E-state index is 12.7. The summed E-state index contributed by atoms with van der Waals surface area (Å²) < 4.78 is 1.41. The summed E-state index contributed by atoms with van der Waals surface area (Å²) in [6.07, 6.45) is 1.87. The first kappa shape index (κ1) is 17.8. The number of carbonyl (C=O) groups is 1. The number of aryl methyl sites for hydroxylation is 1. The summed E-state index contributed by atoms with van der Waals surface area (Å²) in [7, 11) is 0. The second-order valence-electron chi connectivity index (χ2n) is 6.28. The van der Waals surface area contributed by atoms with Crippen LogP contribution in [0.5, 0.6) is 0 Å². The van der Waals surface area contributed by atoms with Crippen LogP contribution in [0.2, 0.25) is 0 Å². The van der Waals surface area contributed by atoms with Crippen LogP contribution >= 0.6 is 11.3 Å². The molecule has 6 nitrogen and oxygen atoms in total. The van der Waals surface area contributed by atoms with Crippen LogP contribution in [0.3, 0.4) is 0 Å². The third-order valence-corrected chi connectivity index (χ3v) is 5.29. The number of hydrogen-bond acceptors (Lipinski definition) is 5. The van der Waals surface area contributed by atoms with Crippen LogP contribution in [-0.4, -0.2) is 51.7 Å². The first-order valence-electron chi connectivity index (χ1n) is 8.79. The van der Waals surface area contributed by atoms with Crippen molar-refractivity contribution < 1.29 is 4.79 Å². The lowest BCUT2D eigenvalue weighted by atomic mass is 10.2. The highest BCUT2D eigenvalue weighted by Crippen LogP contribution is 2.14. The smallest absolute Gasteiger partial charge is 0.274 e. The molecule has 0 spiro atoms. The van der Waals surface area contributed by atoms with Gasteiger partial charge in [-0.3, -0.25) is 14.5 Å². The molecular formula is C18H24N4O2S. The molecule has 0 atom stereocenters.